The Morgan fingerprint density at radius 1 is 0.583 bits per heavy atom. The fraction of sp³-hybridized carbons (Fsp3) is 1.00. The molecule has 0 aromatic carbocycles. The predicted octanol–water partition coefficient (Wildman–Crippen LogP) is 6.67. The summed E-state index contributed by atoms with van der Waals surface area (Å²) >= 11 is 0. The Kier molecular flexibility index (Phi) is 7.17. The zero-order valence-electron chi connectivity index (χ0n) is 18.3. The SMILES string of the molecule is CCP(CC)(CC)(CC)OP(=O)(OP(C)(C)(C)C)OP(C)(C)(C)C. The van der Waals surface area contributed by atoms with Crippen molar-refractivity contribution >= 4 is 28.3 Å². The Balaban J connectivity index is 6.22. The van der Waals surface area contributed by atoms with Gasteiger partial charge >= 0.3 is 151 Å². The molecule has 24 heavy (non-hydrogen) atoms. The molecule has 0 amide bonds. The molecule has 0 saturated heterocycles. The molecule has 0 atom stereocenters. The molecule has 0 aliphatic carbocycles. The van der Waals surface area contributed by atoms with Gasteiger partial charge in [0, 0.05) is 0 Å². The Morgan fingerprint density at radius 2 is 0.833 bits per heavy atom. The molecule has 0 unspecified atom stereocenters. The Bertz CT molecular complexity index is 440. The normalized spacial score (nSPS) is 21.6. The maximum absolute atomic E-state index is 13.9. The summed E-state index contributed by atoms with van der Waals surface area (Å²) in [5.41, 5.74) is 0. The number of hydrogen-bond donors (Lipinski definition) is 0. The Morgan fingerprint density at radius 3 is 1.00 bits per heavy atom. The summed E-state index contributed by atoms with van der Waals surface area (Å²) in [6.45, 7) is 17.3. The van der Waals surface area contributed by atoms with Crippen LogP contribution in [-0.4, -0.2) is 78.0 Å². The first-order valence-electron chi connectivity index (χ1n) is 8.95. The van der Waals surface area contributed by atoms with E-state index in [0.717, 1.165) is 24.6 Å². The molecule has 0 rings (SSSR count). The number of hydrogen-bond acceptors (Lipinski definition) is 4. The van der Waals surface area contributed by atoms with E-state index in [4.69, 9.17) is 12.9 Å². The van der Waals surface area contributed by atoms with Crippen LogP contribution in [0.4, 0.5) is 0 Å². The summed E-state index contributed by atoms with van der Waals surface area (Å²) in [7, 11) is -3.67. The second kappa shape index (κ2) is 6.78. The number of phosphoric acid groups is 1. The van der Waals surface area contributed by atoms with Crippen LogP contribution in [0.25, 0.3) is 0 Å². The molecule has 8 heteroatoms. The summed E-state index contributed by atoms with van der Waals surface area (Å²) in [5.74, 6) is 0. The Hall–Kier alpha value is 1.40. The fourth-order valence-electron chi connectivity index (χ4n) is 2.70. The molecule has 0 fully saturated rings. The van der Waals surface area contributed by atoms with Gasteiger partial charge in [-0.2, -0.15) is 0 Å². The molecular formula is C16H44O4P4. The fourth-order valence-corrected chi connectivity index (χ4v) is 17.1. The van der Waals surface area contributed by atoms with Crippen LogP contribution >= 0.6 is 28.3 Å². The molecule has 0 spiro atoms. The van der Waals surface area contributed by atoms with Crippen molar-refractivity contribution < 1.29 is 17.5 Å². The van der Waals surface area contributed by atoms with E-state index >= 15 is 0 Å². The van der Waals surface area contributed by atoms with E-state index in [1.807, 2.05) is 53.3 Å². The summed E-state index contributed by atoms with van der Waals surface area (Å²) in [6, 6.07) is 0. The first-order chi connectivity index (χ1) is 10.2. The molecule has 0 heterocycles. The van der Waals surface area contributed by atoms with Crippen molar-refractivity contribution in [1.29, 1.82) is 0 Å². The molecule has 0 radical (unpaired) electrons. The average Bonchev–Trinajstić information content (AvgIpc) is 2.30. The summed E-state index contributed by atoms with van der Waals surface area (Å²) in [4.78, 5) is 0. The van der Waals surface area contributed by atoms with Gasteiger partial charge in [0.05, 0.1) is 0 Å². The van der Waals surface area contributed by atoms with Crippen LogP contribution in [0.1, 0.15) is 27.7 Å². The van der Waals surface area contributed by atoms with E-state index in [1.165, 1.54) is 0 Å². The van der Waals surface area contributed by atoms with Gasteiger partial charge < -0.3 is 0 Å². The van der Waals surface area contributed by atoms with Gasteiger partial charge in [-0.15, -0.1) is 0 Å². The van der Waals surface area contributed by atoms with Crippen molar-refractivity contribution in [3.63, 3.8) is 0 Å². The summed E-state index contributed by atoms with van der Waals surface area (Å²) < 4.78 is 33.0. The summed E-state index contributed by atoms with van der Waals surface area (Å²) in [5, 5.41) is 0. The van der Waals surface area contributed by atoms with Crippen LogP contribution < -0.4 is 0 Å². The molecule has 0 bridgehead atoms. The van der Waals surface area contributed by atoms with Crippen molar-refractivity contribution in [2.75, 3.05) is 78.0 Å². The van der Waals surface area contributed by atoms with Gasteiger partial charge in [0.25, 0.3) is 0 Å². The van der Waals surface area contributed by atoms with Crippen LogP contribution in [-0.2, 0) is 17.5 Å². The van der Waals surface area contributed by atoms with Gasteiger partial charge in [-0.25, -0.2) is 0 Å². The molecule has 0 aliphatic rings. The molecule has 0 aromatic rings. The second-order valence-electron chi connectivity index (χ2n) is 10.6. The van der Waals surface area contributed by atoms with Gasteiger partial charge in [-0.05, 0) is 0 Å². The quantitative estimate of drug-likeness (QED) is 0.368. The zero-order valence-corrected chi connectivity index (χ0v) is 21.8. The van der Waals surface area contributed by atoms with Crippen molar-refractivity contribution in [2.24, 2.45) is 0 Å². The molecular weight excluding hydrogens is 380 g/mol. The van der Waals surface area contributed by atoms with Crippen molar-refractivity contribution in [3.05, 3.63) is 0 Å². The number of rotatable bonds is 10. The standard InChI is InChI=1S/C16H44O4P4/c1-13-24(14-2,15-3,16-4)20-21(17,18-22(5,6,7)8)19-23(9,10,11)12/h13-16H2,1-12H3. The van der Waals surface area contributed by atoms with Crippen LogP contribution in [0, 0.1) is 0 Å². The van der Waals surface area contributed by atoms with Crippen LogP contribution in [0.3, 0.4) is 0 Å². The van der Waals surface area contributed by atoms with Gasteiger partial charge in [-0.3, -0.25) is 0 Å². The van der Waals surface area contributed by atoms with Crippen molar-refractivity contribution in [3.8, 4) is 0 Å². The minimum absolute atomic E-state index is 0.902. The van der Waals surface area contributed by atoms with Crippen LogP contribution in [0.5, 0.6) is 0 Å². The molecule has 4 nitrogen and oxygen atoms in total. The first-order valence-corrected chi connectivity index (χ1v) is 21.2. The van der Waals surface area contributed by atoms with E-state index < -0.39 is 28.3 Å². The molecule has 0 aromatic heterocycles. The van der Waals surface area contributed by atoms with Crippen LogP contribution in [0.15, 0.2) is 0 Å². The van der Waals surface area contributed by atoms with Crippen molar-refractivity contribution in [2.45, 2.75) is 27.7 Å². The summed E-state index contributed by atoms with van der Waals surface area (Å²) in [6.07, 6.45) is 3.61. The predicted molar refractivity (Wildman–Crippen MR) is 121 cm³/mol. The maximum atomic E-state index is 13.9. The zero-order chi connectivity index (χ0) is 19.8. The second-order valence-corrected chi connectivity index (χ2v) is 33.4. The Labute approximate surface area is 151 Å². The molecule has 152 valence electrons. The first kappa shape index (κ1) is 25.4. The van der Waals surface area contributed by atoms with Gasteiger partial charge in [-0.1, -0.05) is 0 Å². The molecule has 0 aliphatic heterocycles. The van der Waals surface area contributed by atoms with E-state index in [-0.39, 0.29) is 0 Å². The van der Waals surface area contributed by atoms with E-state index in [9.17, 15) is 4.57 Å². The molecule has 0 N–H and O–H groups in total. The van der Waals surface area contributed by atoms with Gasteiger partial charge in [0.1, 0.15) is 0 Å². The van der Waals surface area contributed by atoms with E-state index in [0.29, 0.717) is 0 Å². The van der Waals surface area contributed by atoms with E-state index in [1.54, 1.807) is 0 Å². The minimum atomic E-state index is -3.67. The third-order valence-corrected chi connectivity index (χ3v) is 20.3. The topological polar surface area (TPSA) is 44.8 Å². The van der Waals surface area contributed by atoms with Crippen LogP contribution in [0.2, 0.25) is 0 Å². The van der Waals surface area contributed by atoms with Gasteiger partial charge in [0.15, 0.2) is 0 Å². The van der Waals surface area contributed by atoms with Gasteiger partial charge in [0.2, 0.25) is 0 Å². The average molecular weight is 424 g/mol. The monoisotopic (exact) mass is 424 g/mol. The third-order valence-electron chi connectivity index (χ3n) is 4.38. The van der Waals surface area contributed by atoms with Crippen molar-refractivity contribution in [1.82, 2.24) is 0 Å². The van der Waals surface area contributed by atoms with E-state index in [2.05, 4.69) is 27.7 Å². The third kappa shape index (κ3) is 7.96. The molecule has 0 saturated carbocycles.